The highest BCUT2D eigenvalue weighted by Gasteiger charge is 2.54. The number of aryl methyl sites for hydroxylation is 1. The minimum atomic E-state index is -0.433. The van der Waals surface area contributed by atoms with Gasteiger partial charge in [-0.1, -0.05) is 25.1 Å². The predicted octanol–water partition coefficient (Wildman–Crippen LogP) is 2.50. The molecule has 0 saturated heterocycles. The molecule has 0 radical (unpaired) electrons. The van der Waals surface area contributed by atoms with Crippen LogP contribution in [0.15, 0.2) is 24.3 Å². The maximum Gasteiger partial charge on any atom is 0.276 e. The summed E-state index contributed by atoms with van der Waals surface area (Å²) in [6.45, 7) is 2.12. The maximum absolute atomic E-state index is 12.9. The first kappa shape index (κ1) is 21.7. The van der Waals surface area contributed by atoms with Gasteiger partial charge in [-0.3, -0.25) is 25.2 Å². The third-order valence-corrected chi connectivity index (χ3v) is 7.21. The lowest BCUT2D eigenvalue weighted by Gasteiger charge is -2.55. The first-order chi connectivity index (χ1) is 15.0. The van der Waals surface area contributed by atoms with Crippen LogP contribution in [0.2, 0.25) is 0 Å². The number of nitrogens with one attached hydrogen (secondary N) is 3. The molecule has 0 spiro atoms. The number of rotatable bonds is 8. The molecule has 4 aliphatic rings. The first-order valence-electron chi connectivity index (χ1n) is 11.5. The van der Waals surface area contributed by atoms with Crippen LogP contribution in [-0.4, -0.2) is 30.9 Å². The minimum Gasteiger partial charge on any atom is -0.483 e. The van der Waals surface area contributed by atoms with Gasteiger partial charge in [-0.25, -0.2) is 0 Å². The van der Waals surface area contributed by atoms with Crippen LogP contribution in [0.1, 0.15) is 57.4 Å². The molecule has 1 aromatic carbocycles. The van der Waals surface area contributed by atoms with E-state index in [1.54, 1.807) is 0 Å². The summed E-state index contributed by atoms with van der Waals surface area (Å²) in [5, 5.41) is 2.98. The number of carbonyl (C=O) groups excluding carboxylic acids is 3. The second kappa shape index (κ2) is 9.28. The Morgan fingerprint density at radius 3 is 2.23 bits per heavy atom. The average Bonchev–Trinajstić information content (AvgIpc) is 2.75. The third-order valence-electron chi connectivity index (χ3n) is 7.21. The van der Waals surface area contributed by atoms with Crippen molar-refractivity contribution in [1.29, 1.82) is 0 Å². The normalized spacial score (nSPS) is 28.1. The molecule has 0 heterocycles. The maximum atomic E-state index is 12.9. The molecule has 3 amide bonds. The molecule has 4 aliphatic carbocycles. The van der Waals surface area contributed by atoms with Gasteiger partial charge in [0.05, 0.1) is 0 Å². The van der Waals surface area contributed by atoms with Gasteiger partial charge in [-0.15, -0.1) is 0 Å². The van der Waals surface area contributed by atoms with Gasteiger partial charge >= 0.3 is 0 Å². The Morgan fingerprint density at radius 1 is 0.968 bits per heavy atom. The topological polar surface area (TPSA) is 96.5 Å². The van der Waals surface area contributed by atoms with E-state index < -0.39 is 5.91 Å². The second-order valence-electron chi connectivity index (χ2n) is 9.55. The quantitative estimate of drug-likeness (QED) is 0.556. The predicted molar refractivity (Wildman–Crippen MR) is 116 cm³/mol. The van der Waals surface area contributed by atoms with E-state index in [1.807, 2.05) is 31.2 Å². The molecule has 4 bridgehead atoms. The van der Waals surface area contributed by atoms with E-state index >= 15 is 0 Å². The fourth-order valence-electron chi connectivity index (χ4n) is 6.18. The van der Waals surface area contributed by atoms with Crippen LogP contribution in [0.5, 0.6) is 5.75 Å². The van der Waals surface area contributed by atoms with Crippen LogP contribution < -0.4 is 20.9 Å². The summed E-state index contributed by atoms with van der Waals surface area (Å²) in [4.78, 5) is 36.9. The van der Waals surface area contributed by atoms with Crippen LogP contribution in [0, 0.1) is 23.2 Å². The van der Waals surface area contributed by atoms with Crippen molar-refractivity contribution in [3.63, 3.8) is 0 Å². The summed E-state index contributed by atoms with van der Waals surface area (Å²) in [5.41, 5.74) is 5.57. The molecule has 4 fully saturated rings. The fourth-order valence-corrected chi connectivity index (χ4v) is 6.18. The van der Waals surface area contributed by atoms with Gasteiger partial charge in [0, 0.05) is 18.4 Å². The monoisotopic (exact) mass is 427 g/mol. The smallest absolute Gasteiger partial charge is 0.276 e. The molecule has 3 N–H and O–H groups in total. The Labute approximate surface area is 183 Å². The molecule has 0 atom stereocenters. The number of amides is 3. The van der Waals surface area contributed by atoms with E-state index in [0.29, 0.717) is 23.5 Å². The molecule has 0 unspecified atom stereocenters. The van der Waals surface area contributed by atoms with Crippen molar-refractivity contribution in [2.24, 2.45) is 23.2 Å². The van der Waals surface area contributed by atoms with Crippen molar-refractivity contribution in [1.82, 2.24) is 16.2 Å². The van der Waals surface area contributed by atoms with Crippen molar-refractivity contribution < 1.29 is 19.1 Å². The van der Waals surface area contributed by atoms with Gasteiger partial charge in [0.15, 0.2) is 6.61 Å². The lowest BCUT2D eigenvalue weighted by molar-refractivity contribution is -0.146. The molecule has 1 aromatic rings. The van der Waals surface area contributed by atoms with Gasteiger partial charge in [-0.05, 0) is 74.3 Å². The highest BCUT2D eigenvalue weighted by Crippen LogP contribution is 2.60. The molecule has 7 heteroatoms. The molecule has 168 valence electrons. The van der Waals surface area contributed by atoms with Gasteiger partial charge in [0.2, 0.25) is 11.8 Å². The summed E-state index contributed by atoms with van der Waals surface area (Å²) in [6, 6.07) is 7.55. The standard InChI is InChI=1S/C24H33N3O4/c1-2-19-5-3-4-6-20(19)31-15-22(29)27-26-21(28)7-8-25-23(30)24-12-16-9-17(13-24)11-18(10-16)14-24/h3-6,16-18H,2,7-15H2,1H3,(H,25,30)(H,26,28)(H,27,29). The van der Waals surface area contributed by atoms with E-state index in [9.17, 15) is 14.4 Å². The summed E-state index contributed by atoms with van der Waals surface area (Å²) < 4.78 is 5.53. The van der Waals surface area contributed by atoms with Crippen LogP contribution in [0.4, 0.5) is 0 Å². The molecule has 5 rings (SSSR count). The van der Waals surface area contributed by atoms with E-state index in [1.165, 1.54) is 19.3 Å². The zero-order valence-corrected chi connectivity index (χ0v) is 18.2. The van der Waals surface area contributed by atoms with Gasteiger partial charge in [-0.2, -0.15) is 0 Å². The van der Waals surface area contributed by atoms with Crippen LogP contribution in [-0.2, 0) is 20.8 Å². The van der Waals surface area contributed by atoms with Crippen molar-refractivity contribution in [3.8, 4) is 5.75 Å². The zero-order valence-electron chi connectivity index (χ0n) is 18.2. The molecule has 7 nitrogen and oxygen atoms in total. The number of benzene rings is 1. The summed E-state index contributed by atoms with van der Waals surface area (Å²) >= 11 is 0. The van der Waals surface area contributed by atoms with E-state index in [0.717, 1.165) is 31.2 Å². The largest absolute Gasteiger partial charge is 0.483 e. The highest BCUT2D eigenvalue weighted by atomic mass is 16.5. The van der Waals surface area contributed by atoms with E-state index in [2.05, 4.69) is 16.2 Å². The molecule has 31 heavy (non-hydrogen) atoms. The Morgan fingerprint density at radius 2 is 1.58 bits per heavy atom. The van der Waals surface area contributed by atoms with Crippen LogP contribution >= 0.6 is 0 Å². The van der Waals surface area contributed by atoms with E-state index in [-0.39, 0.29) is 36.8 Å². The minimum absolute atomic E-state index is 0.117. The lowest BCUT2D eigenvalue weighted by atomic mass is 9.49. The van der Waals surface area contributed by atoms with Crippen LogP contribution in [0.25, 0.3) is 0 Å². The third kappa shape index (κ3) is 5.02. The molecule has 0 aliphatic heterocycles. The van der Waals surface area contributed by atoms with Gasteiger partial charge < -0.3 is 10.1 Å². The first-order valence-corrected chi connectivity index (χ1v) is 11.5. The Bertz CT molecular complexity index is 803. The fraction of sp³-hybridized carbons (Fsp3) is 0.625. The Kier molecular flexibility index (Phi) is 6.49. The number of carbonyl (C=O) groups is 3. The van der Waals surface area contributed by atoms with Gasteiger partial charge in [0.1, 0.15) is 5.75 Å². The Hall–Kier alpha value is -2.57. The molecule has 4 saturated carbocycles. The molecular weight excluding hydrogens is 394 g/mol. The number of hydrogen-bond donors (Lipinski definition) is 3. The van der Waals surface area contributed by atoms with Gasteiger partial charge in [0.25, 0.3) is 5.91 Å². The number of hydrazine groups is 1. The lowest BCUT2D eigenvalue weighted by Crippen LogP contribution is -2.54. The van der Waals surface area contributed by atoms with Crippen molar-refractivity contribution >= 4 is 17.7 Å². The second-order valence-corrected chi connectivity index (χ2v) is 9.55. The molecular formula is C24H33N3O4. The number of para-hydroxylation sites is 1. The average molecular weight is 428 g/mol. The van der Waals surface area contributed by atoms with Crippen LogP contribution in [0.3, 0.4) is 0 Å². The summed E-state index contributed by atoms with van der Waals surface area (Å²) in [6.07, 6.45) is 7.84. The highest BCUT2D eigenvalue weighted by molar-refractivity contribution is 5.85. The summed E-state index contributed by atoms with van der Waals surface area (Å²) in [5.74, 6) is 2.14. The SMILES string of the molecule is CCc1ccccc1OCC(=O)NNC(=O)CCNC(=O)C12CC3CC(CC(C3)C1)C2. The summed E-state index contributed by atoms with van der Waals surface area (Å²) in [7, 11) is 0. The zero-order chi connectivity index (χ0) is 21.8. The van der Waals surface area contributed by atoms with Crippen molar-refractivity contribution in [2.75, 3.05) is 13.2 Å². The van der Waals surface area contributed by atoms with Crippen molar-refractivity contribution in [3.05, 3.63) is 29.8 Å². The Balaban J connectivity index is 1.14. The number of ether oxygens (including phenoxy) is 1. The molecule has 0 aromatic heterocycles. The number of hydrogen-bond acceptors (Lipinski definition) is 4. The van der Waals surface area contributed by atoms with E-state index in [4.69, 9.17) is 4.74 Å². The van der Waals surface area contributed by atoms with Crippen molar-refractivity contribution in [2.45, 2.75) is 58.3 Å².